The molecule has 32 heavy (non-hydrogen) atoms. The number of anilines is 2. The highest BCUT2D eigenvalue weighted by Crippen LogP contribution is 2.33. The highest BCUT2D eigenvalue weighted by atomic mass is 16.5. The molecule has 8 heteroatoms. The number of aryl methyl sites for hydroxylation is 1. The van der Waals surface area contributed by atoms with Gasteiger partial charge in [-0.1, -0.05) is 6.07 Å². The summed E-state index contributed by atoms with van der Waals surface area (Å²) in [6.45, 7) is -0.0293. The van der Waals surface area contributed by atoms with Crippen molar-refractivity contribution in [2.45, 2.75) is 12.8 Å². The van der Waals surface area contributed by atoms with Crippen molar-refractivity contribution < 1.29 is 9.53 Å². The van der Waals surface area contributed by atoms with Gasteiger partial charge in [-0.15, -0.1) is 0 Å². The fourth-order valence-electron chi connectivity index (χ4n) is 3.86. The van der Waals surface area contributed by atoms with Crippen molar-refractivity contribution in [2.75, 3.05) is 19.0 Å². The van der Waals surface area contributed by atoms with Gasteiger partial charge in [0.05, 0.1) is 6.20 Å². The minimum Gasteiger partial charge on any atom is -0.484 e. The van der Waals surface area contributed by atoms with Gasteiger partial charge < -0.3 is 20.8 Å². The number of aromatic nitrogens is 3. The molecule has 2 aromatic carbocycles. The number of nitrogens with one attached hydrogen (secondary N) is 3. The van der Waals surface area contributed by atoms with E-state index in [0.29, 0.717) is 11.5 Å². The van der Waals surface area contributed by atoms with Crippen LogP contribution in [0.25, 0.3) is 16.9 Å². The van der Waals surface area contributed by atoms with Crippen molar-refractivity contribution in [2.24, 2.45) is 0 Å². The van der Waals surface area contributed by atoms with Crippen molar-refractivity contribution in [3.63, 3.8) is 0 Å². The van der Waals surface area contributed by atoms with Crippen molar-refractivity contribution in [1.82, 2.24) is 19.7 Å². The smallest absolute Gasteiger partial charge is 0.257 e. The summed E-state index contributed by atoms with van der Waals surface area (Å²) < 4.78 is 7.47. The fourth-order valence-corrected chi connectivity index (χ4v) is 3.86. The van der Waals surface area contributed by atoms with Gasteiger partial charge in [0.2, 0.25) is 0 Å². The van der Waals surface area contributed by atoms with Crippen LogP contribution in [-0.2, 0) is 11.2 Å². The molecule has 3 N–H and O–H groups in total. The molecule has 0 spiro atoms. The molecule has 0 aliphatic heterocycles. The summed E-state index contributed by atoms with van der Waals surface area (Å²) in [7, 11) is 1.58. The van der Waals surface area contributed by atoms with E-state index in [9.17, 15) is 4.79 Å². The number of ether oxygens (including phenoxy) is 1. The number of benzene rings is 2. The molecular formula is C24H22N6O2. The van der Waals surface area contributed by atoms with Gasteiger partial charge >= 0.3 is 0 Å². The molecule has 0 saturated carbocycles. The average Bonchev–Trinajstić information content (AvgIpc) is 3.38. The summed E-state index contributed by atoms with van der Waals surface area (Å²) in [5.74, 6) is 1.26. The number of hydrogen-bond donors (Lipinski definition) is 3. The predicted octanol–water partition coefficient (Wildman–Crippen LogP) is 3.58. The first-order chi connectivity index (χ1) is 15.6. The lowest BCUT2D eigenvalue weighted by Crippen LogP contribution is -2.24. The van der Waals surface area contributed by atoms with E-state index < -0.39 is 0 Å². The minimum atomic E-state index is -0.183. The summed E-state index contributed by atoms with van der Waals surface area (Å²) in [4.78, 5) is 20.4. The Kier molecular flexibility index (Phi) is 5.03. The summed E-state index contributed by atoms with van der Waals surface area (Å²) in [5, 5.41) is 14.1. The second-order valence-corrected chi connectivity index (χ2v) is 7.58. The molecule has 8 nitrogen and oxygen atoms in total. The average molecular weight is 426 g/mol. The molecule has 0 fully saturated rings. The van der Waals surface area contributed by atoms with E-state index in [0.717, 1.165) is 46.8 Å². The first-order valence-corrected chi connectivity index (χ1v) is 10.4. The van der Waals surface area contributed by atoms with E-state index in [-0.39, 0.29) is 12.5 Å². The maximum absolute atomic E-state index is 11.4. The van der Waals surface area contributed by atoms with Crippen molar-refractivity contribution >= 4 is 28.8 Å². The molecule has 2 heterocycles. The van der Waals surface area contributed by atoms with E-state index in [4.69, 9.17) is 15.1 Å². The zero-order valence-corrected chi connectivity index (χ0v) is 17.6. The van der Waals surface area contributed by atoms with Gasteiger partial charge in [0.25, 0.3) is 5.91 Å². The largest absolute Gasteiger partial charge is 0.484 e. The van der Waals surface area contributed by atoms with Crippen LogP contribution in [0.15, 0.2) is 61.1 Å². The molecule has 2 aromatic heterocycles. The second kappa shape index (κ2) is 8.14. The number of fused-ring (bicyclic) bond motifs is 2. The minimum absolute atomic E-state index is 0.0293. The number of imidazole rings is 1. The highest BCUT2D eigenvalue weighted by molar-refractivity contribution is 6.02. The topological polar surface area (TPSA) is 104 Å². The number of carbonyl (C=O) groups is 1. The number of likely N-dealkylation sites (N-methyl/N-ethyl adjacent to an activating group) is 1. The summed E-state index contributed by atoms with van der Waals surface area (Å²) in [6.07, 6.45) is 7.01. The van der Waals surface area contributed by atoms with Crippen LogP contribution >= 0.6 is 0 Å². The maximum atomic E-state index is 11.4. The van der Waals surface area contributed by atoms with E-state index >= 15 is 0 Å². The monoisotopic (exact) mass is 426 g/mol. The third-order valence-corrected chi connectivity index (χ3v) is 5.54. The predicted molar refractivity (Wildman–Crippen MR) is 123 cm³/mol. The van der Waals surface area contributed by atoms with E-state index in [1.807, 2.05) is 47.0 Å². The van der Waals surface area contributed by atoms with Gasteiger partial charge in [-0.05, 0) is 60.4 Å². The third kappa shape index (κ3) is 3.66. The zero-order valence-electron chi connectivity index (χ0n) is 17.6. The Morgan fingerprint density at radius 1 is 1.19 bits per heavy atom. The van der Waals surface area contributed by atoms with Crippen molar-refractivity contribution in [3.05, 3.63) is 72.2 Å². The molecule has 0 unspecified atom stereocenters. The molecule has 1 aliphatic carbocycles. The maximum Gasteiger partial charge on any atom is 0.257 e. The summed E-state index contributed by atoms with van der Waals surface area (Å²) in [6, 6.07) is 13.6. The number of amides is 1. The Bertz CT molecular complexity index is 1330. The van der Waals surface area contributed by atoms with Crippen LogP contribution in [0.1, 0.15) is 17.5 Å². The lowest BCUT2D eigenvalue weighted by atomic mass is 10.1. The standard InChI is InChI=1S/C24H22N6O2/c1-26-22(31)14-32-18-6-2-15(3-7-18)23-24(30-11-10-27-13-21(30)29-23)28-17-5-8-19-16(12-17)4-9-20(19)25/h2-3,5-8,10-13,25,28H,4,9,14H2,1H3,(H,26,31). The Balaban J connectivity index is 1.48. The van der Waals surface area contributed by atoms with Crippen LogP contribution in [0, 0.1) is 5.41 Å². The molecule has 0 bridgehead atoms. The van der Waals surface area contributed by atoms with E-state index in [1.165, 1.54) is 5.56 Å². The normalized spacial score (nSPS) is 12.6. The molecule has 5 rings (SSSR count). The molecule has 0 atom stereocenters. The molecule has 0 radical (unpaired) electrons. The zero-order chi connectivity index (χ0) is 22.1. The van der Waals surface area contributed by atoms with E-state index in [1.54, 1.807) is 19.4 Å². The SMILES string of the molecule is CNC(=O)COc1ccc(-c2nc3cnccn3c2Nc2ccc3c(c2)CCC3=N)cc1. The van der Waals surface area contributed by atoms with E-state index in [2.05, 4.69) is 21.7 Å². The quantitative estimate of drug-likeness (QED) is 0.437. The van der Waals surface area contributed by atoms with Gasteiger partial charge in [0.1, 0.15) is 17.3 Å². The first kappa shape index (κ1) is 19.7. The lowest BCUT2D eigenvalue weighted by molar-refractivity contribution is -0.122. The van der Waals surface area contributed by atoms with Gasteiger partial charge in [-0.2, -0.15) is 0 Å². The van der Waals surface area contributed by atoms with Crippen LogP contribution in [0.5, 0.6) is 5.75 Å². The van der Waals surface area contributed by atoms with Crippen molar-refractivity contribution in [3.8, 4) is 17.0 Å². The Morgan fingerprint density at radius 3 is 2.84 bits per heavy atom. The van der Waals surface area contributed by atoms with Gasteiger partial charge in [-0.25, -0.2) is 4.98 Å². The number of nitrogens with zero attached hydrogens (tertiary/aromatic N) is 3. The molecule has 1 amide bonds. The number of rotatable bonds is 6. The fraction of sp³-hybridized carbons (Fsp3) is 0.167. The summed E-state index contributed by atoms with van der Waals surface area (Å²) in [5.41, 5.74) is 6.29. The molecule has 1 aliphatic rings. The second-order valence-electron chi connectivity index (χ2n) is 7.58. The van der Waals surface area contributed by atoms with Crippen LogP contribution in [0.4, 0.5) is 11.5 Å². The molecule has 160 valence electrons. The highest BCUT2D eigenvalue weighted by Gasteiger charge is 2.18. The third-order valence-electron chi connectivity index (χ3n) is 5.54. The number of carbonyl (C=O) groups excluding carboxylic acids is 1. The van der Waals surface area contributed by atoms with Crippen molar-refractivity contribution in [1.29, 1.82) is 5.41 Å². The molecule has 4 aromatic rings. The lowest BCUT2D eigenvalue weighted by Gasteiger charge is -2.11. The Labute approximate surface area is 184 Å². The molecule has 0 saturated heterocycles. The molecular weight excluding hydrogens is 404 g/mol. The van der Waals surface area contributed by atoms with Crippen LogP contribution in [0.3, 0.4) is 0 Å². The van der Waals surface area contributed by atoms with Gasteiger partial charge in [0.15, 0.2) is 12.3 Å². The Hall–Kier alpha value is -4.20. The first-order valence-electron chi connectivity index (χ1n) is 10.4. The van der Waals surface area contributed by atoms with Gasteiger partial charge in [0, 0.05) is 36.4 Å². The van der Waals surface area contributed by atoms with Crippen LogP contribution in [0.2, 0.25) is 0 Å². The number of hydrogen-bond acceptors (Lipinski definition) is 6. The summed E-state index contributed by atoms with van der Waals surface area (Å²) >= 11 is 0. The van der Waals surface area contributed by atoms with Crippen LogP contribution < -0.4 is 15.4 Å². The van der Waals surface area contributed by atoms with Crippen LogP contribution in [-0.4, -0.2) is 39.6 Å². The Morgan fingerprint density at radius 2 is 2.03 bits per heavy atom. The van der Waals surface area contributed by atoms with Gasteiger partial charge in [-0.3, -0.25) is 14.2 Å².